The Balaban J connectivity index is 5.69. The van der Waals surface area contributed by atoms with E-state index >= 15 is 0 Å². The number of alkyl halides is 15. The average molecular weight is 498 g/mol. The van der Waals surface area contributed by atoms with E-state index in [1.807, 2.05) is 0 Å². The Morgan fingerprint density at radius 2 is 0.806 bits per heavy atom. The fraction of sp³-hybridized carbons (Fsp3) is 1.00. The third kappa shape index (κ3) is 5.29. The van der Waals surface area contributed by atoms with Gasteiger partial charge in [-0.1, -0.05) is 39.0 Å². The van der Waals surface area contributed by atoms with Crippen LogP contribution in [0.2, 0.25) is 0 Å². The first kappa shape index (κ1) is 29.9. The molecule has 0 bridgehead atoms. The van der Waals surface area contributed by atoms with E-state index in [0.29, 0.717) is 19.3 Å². The number of unbranched alkanes of at least 4 members (excludes halogenated alkanes) is 5. The van der Waals surface area contributed by atoms with Crippen molar-refractivity contribution in [1.82, 2.24) is 0 Å². The summed E-state index contributed by atoms with van der Waals surface area (Å²) < 4.78 is 197. The maximum atomic E-state index is 13.4. The minimum atomic E-state index is -8.28. The Labute approximate surface area is 165 Å². The summed E-state index contributed by atoms with van der Waals surface area (Å²) in [5.41, 5.74) is 0. The molecular formula is C15H17F15O. The molecule has 0 saturated carbocycles. The van der Waals surface area contributed by atoms with Crippen LogP contribution in [-0.4, -0.2) is 48.5 Å². The van der Waals surface area contributed by atoms with Crippen LogP contribution in [0.25, 0.3) is 0 Å². The highest BCUT2D eigenvalue weighted by molar-refractivity contribution is 5.11. The van der Waals surface area contributed by atoms with Gasteiger partial charge in [-0.05, 0) is 6.42 Å². The first-order valence-corrected chi connectivity index (χ1v) is 8.53. The van der Waals surface area contributed by atoms with Crippen LogP contribution < -0.4 is 0 Å². The van der Waals surface area contributed by atoms with E-state index in [1.165, 1.54) is 0 Å². The summed E-state index contributed by atoms with van der Waals surface area (Å²) >= 11 is 0. The van der Waals surface area contributed by atoms with Crippen LogP contribution in [0.5, 0.6) is 0 Å². The quantitative estimate of drug-likeness (QED) is 0.187. The van der Waals surface area contributed by atoms with Crippen molar-refractivity contribution in [2.45, 2.75) is 87.3 Å². The van der Waals surface area contributed by atoms with Crippen molar-refractivity contribution in [3.8, 4) is 0 Å². The van der Waals surface area contributed by atoms with Crippen LogP contribution in [0.4, 0.5) is 65.9 Å². The molecule has 0 aliphatic heterocycles. The summed E-state index contributed by atoms with van der Waals surface area (Å²) in [6.45, 7) is 0.348. The third-order valence-corrected chi connectivity index (χ3v) is 4.08. The zero-order chi connectivity index (χ0) is 25.2. The lowest BCUT2D eigenvalue weighted by molar-refractivity contribution is -0.472. The maximum absolute atomic E-state index is 13.4. The molecule has 0 N–H and O–H groups in total. The zero-order valence-corrected chi connectivity index (χ0v) is 15.5. The Kier molecular flexibility index (Phi) is 9.08. The smallest absolute Gasteiger partial charge is 0.316 e. The molecule has 0 amide bonds. The lowest BCUT2D eigenvalue weighted by Gasteiger charge is -2.41. The summed E-state index contributed by atoms with van der Waals surface area (Å²) in [7, 11) is 0. The standard InChI is InChI=1S/C15H17F15O/c1-2-3-4-5-6-7-8-31-15(29,30)13(24,25)11(20,21)9(16,17)10(18,19)12(22,23)14(26,27)28/h2-8H2,1H3. The van der Waals surface area contributed by atoms with Gasteiger partial charge in [0.2, 0.25) is 0 Å². The molecule has 0 aliphatic carbocycles. The molecule has 31 heavy (non-hydrogen) atoms. The topological polar surface area (TPSA) is 9.23 Å². The van der Waals surface area contributed by atoms with E-state index < -0.39 is 54.9 Å². The fourth-order valence-electron chi connectivity index (χ4n) is 2.13. The van der Waals surface area contributed by atoms with Gasteiger partial charge in [0.1, 0.15) is 0 Å². The van der Waals surface area contributed by atoms with Gasteiger partial charge in [-0.15, -0.1) is 0 Å². The average Bonchev–Trinajstić information content (AvgIpc) is 2.59. The molecule has 0 saturated heterocycles. The zero-order valence-electron chi connectivity index (χ0n) is 15.5. The Bertz CT molecular complexity index is 567. The van der Waals surface area contributed by atoms with Gasteiger partial charge in [-0.3, -0.25) is 0 Å². The molecule has 0 aromatic carbocycles. The van der Waals surface area contributed by atoms with Gasteiger partial charge in [0.05, 0.1) is 6.61 Å². The molecule has 16 heteroatoms. The summed E-state index contributed by atoms with van der Waals surface area (Å²) in [5, 5.41) is 0. The van der Waals surface area contributed by atoms with Crippen molar-refractivity contribution in [1.29, 1.82) is 0 Å². The minimum Gasteiger partial charge on any atom is -0.316 e. The maximum Gasteiger partial charge on any atom is 0.460 e. The number of ether oxygens (including phenoxy) is 1. The van der Waals surface area contributed by atoms with E-state index in [0.717, 1.165) is 6.42 Å². The van der Waals surface area contributed by atoms with Crippen molar-refractivity contribution < 1.29 is 70.6 Å². The van der Waals surface area contributed by atoms with Crippen LogP contribution in [-0.2, 0) is 4.74 Å². The van der Waals surface area contributed by atoms with Gasteiger partial charge in [0.15, 0.2) is 0 Å². The highest BCUT2D eigenvalue weighted by Gasteiger charge is 2.93. The van der Waals surface area contributed by atoms with Crippen molar-refractivity contribution in [2.75, 3.05) is 6.61 Å². The first-order valence-electron chi connectivity index (χ1n) is 8.53. The van der Waals surface area contributed by atoms with Crippen LogP contribution in [0.15, 0.2) is 0 Å². The van der Waals surface area contributed by atoms with Crippen molar-refractivity contribution in [3.05, 3.63) is 0 Å². The van der Waals surface area contributed by atoms with Gasteiger partial charge in [0, 0.05) is 0 Å². The van der Waals surface area contributed by atoms with E-state index in [-0.39, 0.29) is 6.42 Å². The Morgan fingerprint density at radius 3 is 1.23 bits per heavy atom. The Morgan fingerprint density at radius 1 is 0.452 bits per heavy atom. The molecule has 0 radical (unpaired) electrons. The first-order chi connectivity index (χ1) is 13.6. The lowest BCUT2D eigenvalue weighted by Crippen LogP contribution is -2.72. The van der Waals surface area contributed by atoms with Gasteiger partial charge in [-0.25, -0.2) is 0 Å². The molecule has 0 aromatic rings. The molecule has 0 spiro atoms. The molecule has 0 atom stereocenters. The van der Waals surface area contributed by atoms with Crippen LogP contribution in [0, 0.1) is 0 Å². The highest BCUT2D eigenvalue weighted by atomic mass is 19.4. The second-order valence-electron chi connectivity index (χ2n) is 6.50. The molecule has 0 heterocycles. The monoisotopic (exact) mass is 498 g/mol. The summed E-state index contributed by atoms with van der Waals surface area (Å²) in [5.74, 6) is -40.2. The number of rotatable bonds is 13. The van der Waals surface area contributed by atoms with E-state index in [4.69, 9.17) is 0 Å². The number of hydrogen-bond acceptors (Lipinski definition) is 1. The normalized spacial score (nSPS) is 15.5. The summed E-state index contributed by atoms with van der Waals surface area (Å²) in [6.07, 6.45) is -12.3. The van der Waals surface area contributed by atoms with Gasteiger partial charge in [0.25, 0.3) is 0 Å². The minimum absolute atomic E-state index is 0.0318. The fourth-order valence-corrected chi connectivity index (χ4v) is 2.13. The molecule has 0 aromatic heterocycles. The van der Waals surface area contributed by atoms with Gasteiger partial charge >= 0.3 is 41.9 Å². The van der Waals surface area contributed by atoms with E-state index in [9.17, 15) is 65.9 Å². The van der Waals surface area contributed by atoms with Crippen LogP contribution in [0.3, 0.4) is 0 Å². The second-order valence-corrected chi connectivity index (χ2v) is 6.50. The number of hydrogen-bond donors (Lipinski definition) is 0. The largest absolute Gasteiger partial charge is 0.460 e. The van der Waals surface area contributed by atoms with Gasteiger partial charge < -0.3 is 4.74 Å². The summed E-state index contributed by atoms with van der Waals surface area (Å²) in [4.78, 5) is 0. The molecule has 188 valence electrons. The number of halogens is 15. The van der Waals surface area contributed by atoms with E-state index in [1.54, 1.807) is 6.92 Å². The molecule has 0 unspecified atom stereocenters. The molecular weight excluding hydrogens is 481 g/mol. The SMILES string of the molecule is CCCCCCCCOC(F)(F)C(F)(F)C(F)(F)C(F)(F)C(F)(F)C(F)(F)C(F)(F)F. The Hall–Kier alpha value is -1.09. The third-order valence-electron chi connectivity index (χ3n) is 4.08. The van der Waals surface area contributed by atoms with Gasteiger partial charge in [-0.2, -0.15) is 65.9 Å². The van der Waals surface area contributed by atoms with E-state index in [2.05, 4.69) is 4.74 Å². The van der Waals surface area contributed by atoms with Crippen molar-refractivity contribution in [3.63, 3.8) is 0 Å². The molecule has 0 fully saturated rings. The second kappa shape index (κ2) is 9.41. The molecule has 0 aliphatic rings. The predicted molar refractivity (Wildman–Crippen MR) is 75.1 cm³/mol. The van der Waals surface area contributed by atoms with Crippen LogP contribution >= 0.6 is 0 Å². The van der Waals surface area contributed by atoms with Crippen molar-refractivity contribution in [2.24, 2.45) is 0 Å². The lowest BCUT2D eigenvalue weighted by atomic mass is 9.93. The van der Waals surface area contributed by atoms with Crippen LogP contribution in [0.1, 0.15) is 45.4 Å². The van der Waals surface area contributed by atoms with Crippen molar-refractivity contribution >= 4 is 0 Å². The molecule has 1 nitrogen and oxygen atoms in total. The predicted octanol–water partition coefficient (Wildman–Crippen LogP) is 7.70. The summed E-state index contributed by atoms with van der Waals surface area (Å²) in [6, 6.07) is 0. The highest BCUT2D eigenvalue weighted by Crippen LogP contribution is 2.62. The molecule has 0 rings (SSSR count).